The van der Waals surface area contributed by atoms with Crippen molar-refractivity contribution in [1.82, 2.24) is 5.32 Å². The molecule has 0 heterocycles. The third-order valence-electron chi connectivity index (χ3n) is 2.59. The molecule has 0 aliphatic heterocycles. The molecule has 0 radical (unpaired) electrons. The van der Waals surface area contributed by atoms with E-state index in [1.165, 1.54) is 18.2 Å². The van der Waals surface area contributed by atoms with E-state index in [9.17, 15) is 9.18 Å². The molecule has 0 fully saturated rings. The minimum absolute atomic E-state index is 0.176. The zero-order valence-electron chi connectivity index (χ0n) is 11.4. The quantitative estimate of drug-likeness (QED) is 0.624. The Morgan fingerprint density at radius 2 is 2.25 bits per heavy atom. The van der Waals surface area contributed by atoms with Gasteiger partial charge in [0.05, 0.1) is 5.56 Å². The van der Waals surface area contributed by atoms with Crippen LogP contribution in [0.25, 0.3) is 0 Å². The number of hydrogen-bond acceptors (Lipinski definition) is 3. The zero-order chi connectivity index (χ0) is 14.8. The number of aliphatic hydroxyl groups excluding tert-OH is 1. The van der Waals surface area contributed by atoms with Crippen LogP contribution in [0.2, 0.25) is 0 Å². The topological polar surface area (TPSA) is 49.3 Å². The van der Waals surface area contributed by atoms with Crippen molar-refractivity contribution < 1.29 is 14.3 Å². The molecule has 1 aromatic carbocycles. The fourth-order valence-corrected chi connectivity index (χ4v) is 2.06. The second-order valence-corrected chi connectivity index (χ2v) is 5.10. The summed E-state index contributed by atoms with van der Waals surface area (Å²) in [6.45, 7) is 0.269. The third kappa shape index (κ3) is 5.64. The lowest BCUT2D eigenvalue weighted by Crippen LogP contribution is -2.24. The van der Waals surface area contributed by atoms with Crippen LogP contribution >= 0.6 is 11.8 Å². The molecule has 0 saturated carbocycles. The Hall–Kier alpha value is -1.51. The number of benzene rings is 1. The molecule has 0 aliphatic carbocycles. The molecule has 0 bridgehead atoms. The highest BCUT2D eigenvalue weighted by Gasteiger charge is 2.08. The van der Waals surface area contributed by atoms with E-state index in [4.69, 9.17) is 5.11 Å². The monoisotopic (exact) mass is 295 g/mol. The Morgan fingerprint density at radius 1 is 1.45 bits per heavy atom. The predicted octanol–water partition coefficient (Wildman–Crippen LogP) is 2.04. The second kappa shape index (κ2) is 9.40. The van der Waals surface area contributed by atoms with E-state index in [-0.39, 0.29) is 23.6 Å². The molecule has 0 aliphatic rings. The van der Waals surface area contributed by atoms with Gasteiger partial charge in [-0.05, 0) is 43.0 Å². The van der Waals surface area contributed by atoms with Gasteiger partial charge in [-0.1, -0.05) is 11.8 Å². The molecule has 5 heteroatoms. The highest BCUT2D eigenvalue weighted by atomic mass is 32.2. The molecule has 3 nitrogen and oxygen atoms in total. The van der Waals surface area contributed by atoms with Gasteiger partial charge in [0.2, 0.25) is 0 Å². The number of amides is 1. The van der Waals surface area contributed by atoms with Gasteiger partial charge < -0.3 is 10.4 Å². The normalized spacial score (nSPS) is 9.75. The number of halogens is 1. The van der Waals surface area contributed by atoms with Gasteiger partial charge >= 0.3 is 0 Å². The van der Waals surface area contributed by atoms with Gasteiger partial charge in [-0.25, -0.2) is 4.39 Å². The molecule has 1 rings (SSSR count). The maximum atomic E-state index is 13.7. The lowest BCUT2D eigenvalue weighted by atomic mass is 10.1. The van der Waals surface area contributed by atoms with Crippen molar-refractivity contribution in [3.05, 3.63) is 35.1 Å². The Labute approximate surface area is 123 Å². The van der Waals surface area contributed by atoms with E-state index >= 15 is 0 Å². The van der Waals surface area contributed by atoms with Crippen molar-refractivity contribution in [3.63, 3.8) is 0 Å². The van der Waals surface area contributed by atoms with E-state index in [1.54, 1.807) is 11.8 Å². The number of thioether (sulfide) groups is 1. The highest BCUT2D eigenvalue weighted by Crippen LogP contribution is 2.09. The van der Waals surface area contributed by atoms with Crippen LogP contribution in [0.5, 0.6) is 0 Å². The number of hydrogen-bond donors (Lipinski definition) is 2. The maximum absolute atomic E-state index is 13.7. The molecule has 0 spiro atoms. The average molecular weight is 295 g/mol. The molecular weight excluding hydrogens is 277 g/mol. The fraction of sp³-hybridized carbons (Fsp3) is 0.400. The van der Waals surface area contributed by atoms with Crippen molar-refractivity contribution in [2.75, 3.05) is 25.2 Å². The van der Waals surface area contributed by atoms with E-state index < -0.39 is 5.82 Å². The standard InChI is InChI=1S/C15H18FNO2S/c1-20-10-3-2-8-17-15(19)13-7-6-12(5-4-9-18)14(16)11-13/h6-7,11,18H,2-3,8-10H2,1H3,(H,17,19). The molecule has 20 heavy (non-hydrogen) atoms. The van der Waals surface area contributed by atoms with Crippen molar-refractivity contribution in [3.8, 4) is 11.8 Å². The molecule has 2 N–H and O–H groups in total. The lowest BCUT2D eigenvalue weighted by molar-refractivity contribution is 0.0952. The first-order chi connectivity index (χ1) is 9.69. The summed E-state index contributed by atoms with van der Waals surface area (Å²) >= 11 is 1.77. The number of carbonyl (C=O) groups excluding carboxylic acids is 1. The molecule has 0 aromatic heterocycles. The molecule has 108 valence electrons. The minimum Gasteiger partial charge on any atom is -0.384 e. The summed E-state index contributed by atoms with van der Waals surface area (Å²) < 4.78 is 13.7. The fourth-order valence-electron chi connectivity index (χ4n) is 1.57. The maximum Gasteiger partial charge on any atom is 0.251 e. The smallest absolute Gasteiger partial charge is 0.251 e. The molecule has 0 unspecified atom stereocenters. The minimum atomic E-state index is -0.555. The first kappa shape index (κ1) is 16.5. The first-order valence-corrected chi connectivity index (χ1v) is 7.75. The first-order valence-electron chi connectivity index (χ1n) is 6.35. The summed E-state index contributed by atoms with van der Waals surface area (Å²) in [5.74, 6) is 5.09. The summed E-state index contributed by atoms with van der Waals surface area (Å²) in [5, 5.41) is 11.3. The van der Waals surface area contributed by atoms with Crippen LogP contribution in [0.1, 0.15) is 28.8 Å². The highest BCUT2D eigenvalue weighted by molar-refractivity contribution is 7.98. The summed E-state index contributed by atoms with van der Waals surface area (Å²) in [5.41, 5.74) is 0.456. The van der Waals surface area contributed by atoms with Crippen molar-refractivity contribution >= 4 is 17.7 Å². The van der Waals surface area contributed by atoms with Gasteiger partial charge in [0, 0.05) is 12.1 Å². The van der Waals surface area contributed by atoms with Crippen molar-refractivity contribution in [1.29, 1.82) is 0 Å². The average Bonchev–Trinajstić information content (AvgIpc) is 2.45. The van der Waals surface area contributed by atoms with Crippen molar-refractivity contribution in [2.24, 2.45) is 0 Å². The molecule has 1 aromatic rings. The number of aliphatic hydroxyl groups is 1. The van der Waals surface area contributed by atoms with Crippen LogP contribution in [0, 0.1) is 17.7 Å². The largest absolute Gasteiger partial charge is 0.384 e. The van der Waals surface area contributed by atoms with Crippen LogP contribution in [-0.2, 0) is 0 Å². The summed E-state index contributed by atoms with van der Waals surface area (Å²) in [4.78, 5) is 11.8. The van der Waals surface area contributed by atoms with Crippen LogP contribution in [-0.4, -0.2) is 36.2 Å². The van der Waals surface area contributed by atoms with Crippen LogP contribution in [0.4, 0.5) is 4.39 Å². The predicted molar refractivity (Wildman–Crippen MR) is 80.3 cm³/mol. The van der Waals surface area contributed by atoms with E-state index in [0.717, 1.165) is 18.6 Å². The Kier molecular flexibility index (Phi) is 7.78. The van der Waals surface area contributed by atoms with Gasteiger partial charge in [-0.2, -0.15) is 11.8 Å². The zero-order valence-corrected chi connectivity index (χ0v) is 12.2. The third-order valence-corrected chi connectivity index (χ3v) is 3.29. The van der Waals surface area contributed by atoms with Gasteiger partial charge in [-0.3, -0.25) is 4.79 Å². The Morgan fingerprint density at radius 3 is 2.90 bits per heavy atom. The van der Waals surface area contributed by atoms with Crippen LogP contribution < -0.4 is 5.32 Å². The van der Waals surface area contributed by atoms with Gasteiger partial charge in [0.15, 0.2) is 0 Å². The SMILES string of the molecule is CSCCCCNC(=O)c1ccc(C#CCO)c(F)c1. The van der Waals surface area contributed by atoms with Gasteiger partial charge in [0.25, 0.3) is 5.91 Å². The molecule has 1 amide bonds. The Balaban J connectivity index is 2.54. The van der Waals surface area contributed by atoms with E-state index in [2.05, 4.69) is 17.2 Å². The molecule has 0 saturated heterocycles. The Bertz CT molecular complexity index is 508. The van der Waals surface area contributed by atoms with Crippen LogP contribution in [0.15, 0.2) is 18.2 Å². The van der Waals surface area contributed by atoms with E-state index in [1.807, 2.05) is 6.26 Å². The summed E-state index contributed by atoms with van der Waals surface area (Å²) in [7, 11) is 0. The summed E-state index contributed by atoms with van der Waals surface area (Å²) in [6.07, 6.45) is 4.00. The number of carbonyl (C=O) groups is 1. The van der Waals surface area contributed by atoms with Crippen molar-refractivity contribution in [2.45, 2.75) is 12.8 Å². The van der Waals surface area contributed by atoms with Crippen LogP contribution in [0.3, 0.4) is 0 Å². The molecular formula is C15H18FNO2S. The van der Waals surface area contributed by atoms with Gasteiger partial charge in [0.1, 0.15) is 12.4 Å². The number of unbranched alkanes of at least 4 members (excludes halogenated alkanes) is 1. The molecule has 0 atom stereocenters. The van der Waals surface area contributed by atoms with Gasteiger partial charge in [-0.15, -0.1) is 0 Å². The lowest BCUT2D eigenvalue weighted by Gasteiger charge is -2.05. The van der Waals surface area contributed by atoms with E-state index in [0.29, 0.717) is 6.54 Å². The number of nitrogens with one attached hydrogen (secondary N) is 1. The second-order valence-electron chi connectivity index (χ2n) is 4.11. The summed E-state index contributed by atoms with van der Waals surface area (Å²) in [6, 6.07) is 4.14. The number of rotatable bonds is 6.